The van der Waals surface area contributed by atoms with Gasteiger partial charge < -0.3 is 10.1 Å². The maximum absolute atomic E-state index is 5.97. The third kappa shape index (κ3) is 3.81. The second-order valence-corrected chi connectivity index (χ2v) is 4.98. The van der Waals surface area contributed by atoms with E-state index < -0.39 is 0 Å². The van der Waals surface area contributed by atoms with Crippen LogP contribution in [-0.2, 0) is 6.61 Å². The van der Waals surface area contributed by atoms with Gasteiger partial charge in [-0.1, -0.05) is 25.1 Å². The molecule has 3 nitrogen and oxygen atoms in total. The highest BCUT2D eigenvalue weighted by atomic mass is 16.5. The van der Waals surface area contributed by atoms with Crippen molar-refractivity contribution in [1.82, 2.24) is 10.3 Å². The van der Waals surface area contributed by atoms with Crippen molar-refractivity contribution in [2.45, 2.75) is 33.4 Å². The number of ether oxygens (including phenoxy) is 1. The van der Waals surface area contributed by atoms with Gasteiger partial charge in [0.05, 0.1) is 0 Å². The molecule has 0 saturated heterocycles. The minimum atomic E-state index is 0.284. The summed E-state index contributed by atoms with van der Waals surface area (Å²) in [5.74, 6) is 0.933. The molecule has 0 amide bonds. The molecule has 0 aliphatic rings. The van der Waals surface area contributed by atoms with E-state index in [0.717, 1.165) is 23.4 Å². The number of benzene rings is 1. The highest BCUT2D eigenvalue weighted by Gasteiger charge is 2.10. The molecule has 0 radical (unpaired) electrons. The van der Waals surface area contributed by atoms with Crippen LogP contribution in [-0.4, -0.2) is 11.5 Å². The molecule has 20 heavy (non-hydrogen) atoms. The third-order valence-corrected chi connectivity index (χ3v) is 3.22. The topological polar surface area (TPSA) is 34.1 Å². The van der Waals surface area contributed by atoms with Crippen LogP contribution in [0.2, 0.25) is 0 Å². The van der Waals surface area contributed by atoms with Crippen LogP contribution >= 0.6 is 0 Å². The van der Waals surface area contributed by atoms with E-state index in [-0.39, 0.29) is 6.04 Å². The summed E-state index contributed by atoms with van der Waals surface area (Å²) in [5.41, 5.74) is 3.44. The van der Waals surface area contributed by atoms with Gasteiger partial charge in [0.25, 0.3) is 0 Å². The lowest BCUT2D eigenvalue weighted by molar-refractivity contribution is 0.299. The Morgan fingerprint density at radius 1 is 1.25 bits per heavy atom. The van der Waals surface area contributed by atoms with Gasteiger partial charge >= 0.3 is 0 Å². The molecule has 3 heteroatoms. The van der Waals surface area contributed by atoms with Crippen molar-refractivity contribution < 1.29 is 4.74 Å². The standard InChI is InChI=1S/C17H22N2O/c1-4-19-14(3)16-7-5-6-8-17(16)20-12-15-9-13(2)10-18-11-15/h5-11,14,19H,4,12H2,1-3H3. The van der Waals surface area contributed by atoms with Crippen LogP contribution in [0.4, 0.5) is 0 Å². The molecule has 0 spiro atoms. The minimum Gasteiger partial charge on any atom is -0.489 e. The summed E-state index contributed by atoms with van der Waals surface area (Å²) in [6.07, 6.45) is 3.70. The monoisotopic (exact) mass is 270 g/mol. The van der Waals surface area contributed by atoms with E-state index in [0.29, 0.717) is 6.61 Å². The predicted molar refractivity (Wildman–Crippen MR) is 81.8 cm³/mol. The number of para-hydroxylation sites is 1. The van der Waals surface area contributed by atoms with Gasteiger partial charge in [0.15, 0.2) is 0 Å². The number of nitrogens with zero attached hydrogens (tertiary/aromatic N) is 1. The molecular weight excluding hydrogens is 248 g/mol. The molecule has 106 valence electrons. The van der Waals surface area contributed by atoms with Gasteiger partial charge in [-0.15, -0.1) is 0 Å². The fourth-order valence-electron chi connectivity index (χ4n) is 2.24. The van der Waals surface area contributed by atoms with Crippen LogP contribution < -0.4 is 10.1 Å². The normalized spacial score (nSPS) is 12.2. The number of nitrogens with one attached hydrogen (secondary N) is 1. The molecule has 2 aromatic rings. The third-order valence-electron chi connectivity index (χ3n) is 3.22. The average Bonchev–Trinajstić information content (AvgIpc) is 2.46. The molecule has 0 fully saturated rings. The number of hydrogen-bond acceptors (Lipinski definition) is 3. The Labute approximate surface area is 121 Å². The van der Waals surface area contributed by atoms with E-state index >= 15 is 0 Å². The van der Waals surface area contributed by atoms with Crippen LogP contribution in [0.15, 0.2) is 42.7 Å². The molecule has 0 bridgehead atoms. The first-order chi connectivity index (χ1) is 9.70. The highest BCUT2D eigenvalue weighted by molar-refractivity contribution is 5.35. The van der Waals surface area contributed by atoms with Crippen LogP contribution in [0.3, 0.4) is 0 Å². The smallest absolute Gasteiger partial charge is 0.124 e. The van der Waals surface area contributed by atoms with Crippen molar-refractivity contribution in [1.29, 1.82) is 0 Å². The van der Waals surface area contributed by atoms with E-state index in [2.05, 4.69) is 36.3 Å². The summed E-state index contributed by atoms with van der Waals surface area (Å²) in [7, 11) is 0. The van der Waals surface area contributed by atoms with Gasteiger partial charge in [-0.3, -0.25) is 4.98 Å². The first kappa shape index (κ1) is 14.5. The van der Waals surface area contributed by atoms with Crippen LogP contribution in [0, 0.1) is 6.92 Å². The maximum Gasteiger partial charge on any atom is 0.124 e. The Morgan fingerprint density at radius 3 is 2.80 bits per heavy atom. The fraction of sp³-hybridized carbons (Fsp3) is 0.353. The molecule has 0 saturated carbocycles. The molecule has 1 heterocycles. The second-order valence-electron chi connectivity index (χ2n) is 4.98. The van der Waals surface area contributed by atoms with E-state index in [1.54, 1.807) is 0 Å². The van der Waals surface area contributed by atoms with E-state index in [9.17, 15) is 0 Å². The Balaban J connectivity index is 2.09. The highest BCUT2D eigenvalue weighted by Crippen LogP contribution is 2.25. The lowest BCUT2D eigenvalue weighted by Gasteiger charge is -2.17. The Hall–Kier alpha value is -1.87. The van der Waals surface area contributed by atoms with Gasteiger partial charge in [-0.05, 0) is 38.1 Å². The van der Waals surface area contributed by atoms with E-state index in [1.165, 1.54) is 5.56 Å². The van der Waals surface area contributed by atoms with Crippen molar-refractivity contribution >= 4 is 0 Å². The van der Waals surface area contributed by atoms with Crippen LogP contribution in [0.25, 0.3) is 0 Å². The van der Waals surface area contributed by atoms with Gasteiger partial charge in [0, 0.05) is 29.6 Å². The maximum atomic E-state index is 5.97. The molecule has 1 aromatic carbocycles. The number of hydrogen-bond donors (Lipinski definition) is 1. The summed E-state index contributed by atoms with van der Waals surface area (Å²) in [5, 5.41) is 3.42. The number of aryl methyl sites for hydroxylation is 1. The zero-order chi connectivity index (χ0) is 14.4. The Bertz CT molecular complexity index is 554. The van der Waals surface area contributed by atoms with Crippen molar-refractivity contribution in [2.75, 3.05) is 6.54 Å². The quantitative estimate of drug-likeness (QED) is 0.870. The lowest BCUT2D eigenvalue weighted by Crippen LogP contribution is -2.18. The first-order valence-corrected chi connectivity index (χ1v) is 7.06. The Kier molecular flexibility index (Phi) is 5.13. The van der Waals surface area contributed by atoms with Gasteiger partial charge in [0.1, 0.15) is 12.4 Å². The molecule has 1 N–H and O–H groups in total. The first-order valence-electron chi connectivity index (χ1n) is 7.06. The zero-order valence-corrected chi connectivity index (χ0v) is 12.4. The zero-order valence-electron chi connectivity index (χ0n) is 12.4. The van der Waals surface area contributed by atoms with Crippen molar-refractivity contribution in [3.05, 3.63) is 59.4 Å². The summed E-state index contributed by atoms with van der Waals surface area (Å²) in [6.45, 7) is 7.79. The summed E-state index contributed by atoms with van der Waals surface area (Å²) in [4.78, 5) is 4.19. The summed E-state index contributed by atoms with van der Waals surface area (Å²) in [6, 6.07) is 10.6. The van der Waals surface area contributed by atoms with Crippen LogP contribution in [0.5, 0.6) is 5.75 Å². The van der Waals surface area contributed by atoms with Crippen molar-refractivity contribution in [3.8, 4) is 5.75 Å². The summed E-state index contributed by atoms with van der Waals surface area (Å²) < 4.78 is 5.97. The van der Waals surface area contributed by atoms with Crippen molar-refractivity contribution in [3.63, 3.8) is 0 Å². The average molecular weight is 270 g/mol. The van der Waals surface area contributed by atoms with Gasteiger partial charge in [0.2, 0.25) is 0 Å². The van der Waals surface area contributed by atoms with Crippen LogP contribution in [0.1, 0.15) is 36.6 Å². The number of rotatable bonds is 6. The fourth-order valence-corrected chi connectivity index (χ4v) is 2.24. The molecule has 1 atom stereocenters. The molecular formula is C17H22N2O. The largest absolute Gasteiger partial charge is 0.489 e. The van der Waals surface area contributed by atoms with Gasteiger partial charge in [-0.2, -0.15) is 0 Å². The summed E-state index contributed by atoms with van der Waals surface area (Å²) >= 11 is 0. The Morgan fingerprint density at radius 2 is 2.05 bits per heavy atom. The number of aromatic nitrogens is 1. The van der Waals surface area contributed by atoms with E-state index in [4.69, 9.17) is 4.74 Å². The predicted octanol–water partition coefficient (Wildman–Crippen LogP) is 3.64. The molecule has 2 rings (SSSR count). The molecule has 0 aliphatic carbocycles. The number of pyridine rings is 1. The van der Waals surface area contributed by atoms with Gasteiger partial charge in [-0.25, -0.2) is 0 Å². The van der Waals surface area contributed by atoms with E-state index in [1.807, 2.05) is 37.5 Å². The van der Waals surface area contributed by atoms with Crippen molar-refractivity contribution in [2.24, 2.45) is 0 Å². The molecule has 0 aliphatic heterocycles. The molecule has 1 unspecified atom stereocenters. The second kappa shape index (κ2) is 7.06. The minimum absolute atomic E-state index is 0.284. The SMILES string of the molecule is CCNC(C)c1ccccc1OCc1cncc(C)c1. The molecule has 1 aromatic heterocycles. The lowest BCUT2D eigenvalue weighted by atomic mass is 10.1.